The van der Waals surface area contributed by atoms with Crippen molar-refractivity contribution in [2.24, 2.45) is 12.9 Å². The van der Waals surface area contributed by atoms with Gasteiger partial charge in [0.25, 0.3) is 0 Å². The lowest BCUT2D eigenvalue weighted by atomic mass is 10.0. The van der Waals surface area contributed by atoms with E-state index in [9.17, 15) is 4.39 Å². The molecule has 2 rings (SSSR count). The molecule has 0 aliphatic heterocycles. The SMILES string of the molecule is CCc1cc(C(NN)c2cc(F)ccc2OC)n(C)n1. The molecule has 3 N–H and O–H groups in total. The summed E-state index contributed by atoms with van der Waals surface area (Å²) in [6.45, 7) is 2.03. The van der Waals surface area contributed by atoms with E-state index in [1.807, 2.05) is 20.0 Å². The van der Waals surface area contributed by atoms with Crippen LogP contribution in [0.15, 0.2) is 24.3 Å². The summed E-state index contributed by atoms with van der Waals surface area (Å²) >= 11 is 0. The molecule has 0 aliphatic rings. The number of hydrogen-bond donors (Lipinski definition) is 2. The fraction of sp³-hybridized carbons (Fsp3) is 0.357. The molecule has 2 aromatic rings. The normalized spacial score (nSPS) is 12.4. The van der Waals surface area contributed by atoms with Crippen LogP contribution in [0.2, 0.25) is 0 Å². The summed E-state index contributed by atoms with van der Waals surface area (Å²) in [4.78, 5) is 0. The lowest BCUT2D eigenvalue weighted by Gasteiger charge is -2.19. The first-order valence-electron chi connectivity index (χ1n) is 6.43. The van der Waals surface area contributed by atoms with Crippen LogP contribution >= 0.6 is 0 Å². The van der Waals surface area contributed by atoms with Gasteiger partial charge in [-0.1, -0.05) is 6.92 Å². The average Bonchev–Trinajstić information content (AvgIpc) is 2.81. The highest BCUT2D eigenvalue weighted by Crippen LogP contribution is 2.30. The molecular weight excluding hydrogens is 259 g/mol. The topological polar surface area (TPSA) is 65.1 Å². The molecule has 0 fully saturated rings. The monoisotopic (exact) mass is 278 g/mol. The number of ether oxygens (including phenoxy) is 1. The number of aryl methyl sites for hydroxylation is 2. The van der Waals surface area contributed by atoms with E-state index in [-0.39, 0.29) is 5.82 Å². The molecule has 0 spiro atoms. The largest absolute Gasteiger partial charge is 0.496 e. The first kappa shape index (κ1) is 14.5. The summed E-state index contributed by atoms with van der Waals surface area (Å²) in [5.41, 5.74) is 5.16. The van der Waals surface area contributed by atoms with Crippen molar-refractivity contribution in [2.45, 2.75) is 19.4 Å². The third-order valence-electron chi connectivity index (χ3n) is 3.29. The van der Waals surface area contributed by atoms with Gasteiger partial charge in [-0.3, -0.25) is 10.5 Å². The van der Waals surface area contributed by atoms with Gasteiger partial charge in [-0.15, -0.1) is 0 Å². The molecule has 0 bridgehead atoms. The van der Waals surface area contributed by atoms with Gasteiger partial charge in [0.15, 0.2) is 0 Å². The van der Waals surface area contributed by atoms with E-state index in [0.717, 1.165) is 17.8 Å². The van der Waals surface area contributed by atoms with Gasteiger partial charge in [-0.25, -0.2) is 9.82 Å². The molecule has 5 nitrogen and oxygen atoms in total. The molecule has 1 unspecified atom stereocenters. The minimum absolute atomic E-state index is 0.334. The van der Waals surface area contributed by atoms with Crippen molar-refractivity contribution in [1.29, 1.82) is 0 Å². The third kappa shape index (κ3) is 2.66. The van der Waals surface area contributed by atoms with Gasteiger partial charge in [-0.05, 0) is 30.7 Å². The molecule has 1 aromatic carbocycles. The number of hydrazine groups is 1. The molecule has 0 aliphatic carbocycles. The number of methoxy groups -OCH3 is 1. The van der Waals surface area contributed by atoms with Crippen molar-refractivity contribution in [2.75, 3.05) is 7.11 Å². The van der Waals surface area contributed by atoms with E-state index in [4.69, 9.17) is 10.6 Å². The third-order valence-corrected chi connectivity index (χ3v) is 3.29. The number of halogens is 1. The van der Waals surface area contributed by atoms with E-state index >= 15 is 0 Å². The average molecular weight is 278 g/mol. The van der Waals surface area contributed by atoms with Crippen LogP contribution in [0.4, 0.5) is 4.39 Å². The van der Waals surface area contributed by atoms with Crippen LogP contribution in [0, 0.1) is 5.82 Å². The highest BCUT2D eigenvalue weighted by atomic mass is 19.1. The molecule has 0 radical (unpaired) electrons. The van der Waals surface area contributed by atoms with Crippen LogP contribution < -0.4 is 16.0 Å². The van der Waals surface area contributed by atoms with Gasteiger partial charge in [-0.2, -0.15) is 5.10 Å². The predicted octanol–water partition coefficient (Wildman–Crippen LogP) is 1.68. The molecule has 0 saturated carbocycles. The van der Waals surface area contributed by atoms with Gasteiger partial charge < -0.3 is 4.74 Å². The Labute approximate surface area is 117 Å². The molecular formula is C14H19FN4O. The van der Waals surface area contributed by atoms with E-state index in [0.29, 0.717) is 11.3 Å². The first-order chi connectivity index (χ1) is 9.60. The maximum absolute atomic E-state index is 13.5. The standard InChI is InChI=1S/C14H19FN4O/c1-4-10-8-12(19(2)18-10)14(17-16)11-7-9(15)5-6-13(11)20-3/h5-8,14,17H,4,16H2,1-3H3. The number of benzene rings is 1. The van der Waals surface area contributed by atoms with Crippen molar-refractivity contribution in [1.82, 2.24) is 15.2 Å². The van der Waals surface area contributed by atoms with Gasteiger partial charge in [0, 0.05) is 12.6 Å². The van der Waals surface area contributed by atoms with Crippen LogP contribution in [-0.4, -0.2) is 16.9 Å². The Bertz CT molecular complexity index is 597. The number of nitrogens with two attached hydrogens (primary N) is 1. The van der Waals surface area contributed by atoms with E-state index in [1.165, 1.54) is 12.1 Å². The highest BCUT2D eigenvalue weighted by Gasteiger charge is 2.21. The van der Waals surface area contributed by atoms with Crippen LogP contribution in [-0.2, 0) is 13.5 Å². The van der Waals surface area contributed by atoms with Crippen LogP contribution in [0.1, 0.15) is 29.9 Å². The molecule has 1 heterocycles. The Balaban J connectivity index is 2.51. The summed E-state index contributed by atoms with van der Waals surface area (Å²) in [6, 6.07) is 5.93. The highest BCUT2D eigenvalue weighted by molar-refractivity contribution is 5.40. The van der Waals surface area contributed by atoms with E-state index in [2.05, 4.69) is 10.5 Å². The summed E-state index contributed by atoms with van der Waals surface area (Å²) in [5, 5.41) is 4.39. The van der Waals surface area contributed by atoms with Gasteiger partial charge >= 0.3 is 0 Å². The summed E-state index contributed by atoms with van der Waals surface area (Å²) in [5.74, 6) is 5.90. The number of nitrogens with zero attached hydrogens (tertiary/aromatic N) is 2. The summed E-state index contributed by atoms with van der Waals surface area (Å²) < 4.78 is 20.6. The lowest BCUT2D eigenvalue weighted by molar-refractivity contribution is 0.401. The van der Waals surface area contributed by atoms with Crippen molar-refractivity contribution in [3.05, 3.63) is 47.0 Å². The zero-order chi connectivity index (χ0) is 14.7. The Morgan fingerprint density at radius 2 is 2.20 bits per heavy atom. The van der Waals surface area contributed by atoms with E-state index in [1.54, 1.807) is 17.9 Å². The van der Waals surface area contributed by atoms with Crippen LogP contribution in [0.3, 0.4) is 0 Å². The van der Waals surface area contributed by atoms with Crippen molar-refractivity contribution in [3.63, 3.8) is 0 Å². The number of rotatable bonds is 5. The lowest BCUT2D eigenvalue weighted by Crippen LogP contribution is -2.30. The van der Waals surface area contributed by atoms with Gasteiger partial charge in [0.2, 0.25) is 0 Å². The Kier molecular flexibility index (Phi) is 4.36. The zero-order valence-electron chi connectivity index (χ0n) is 11.9. The maximum Gasteiger partial charge on any atom is 0.124 e. The van der Waals surface area contributed by atoms with Crippen LogP contribution in [0.25, 0.3) is 0 Å². The van der Waals surface area contributed by atoms with Gasteiger partial charge in [0.05, 0.1) is 24.5 Å². The molecule has 1 atom stereocenters. The fourth-order valence-electron chi connectivity index (χ4n) is 2.25. The molecule has 6 heteroatoms. The molecule has 0 saturated heterocycles. The minimum Gasteiger partial charge on any atom is -0.496 e. The summed E-state index contributed by atoms with van der Waals surface area (Å²) in [7, 11) is 3.38. The molecule has 108 valence electrons. The second-order valence-electron chi connectivity index (χ2n) is 4.52. The van der Waals surface area contributed by atoms with Crippen molar-refractivity contribution in [3.8, 4) is 5.75 Å². The summed E-state index contributed by atoms with van der Waals surface area (Å²) in [6.07, 6.45) is 0.825. The first-order valence-corrected chi connectivity index (χ1v) is 6.43. The zero-order valence-corrected chi connectivity index (χ0v) is 11.9. The number of nitrogens with one attached hydrogen (secondary N) is 1. The van der Waals surface area contributed by atoms with Crippen molar-refractivity contribution < 1.29 is 9.13 Å². The quantitative estimate of drug-likeness (QED) is 0.645. The van der Waals surface area contributed by atoms with E-state index < -0.39 is 6.04 Å². The number of aromatic nitrogens is 2. The molecule has 1 aromatic heterocycles. The predicted molar refractivity (Wildman–Crippen MR) is 74.7 cm³/mol. The Morgan fingerprint density at radius 1 is 1.45 bits per heavy atom. The molecule has 0 amide bonds. The minimum atomic E-state index is -0.390. The smallest absolute Gasteiger partial charge is 0.124 e. The Morgan fingerprint density at radius 3 is 2.75 bits per heavy atom. The number of hydrogen-bond acceptors (Lipinski definition) is 4. The van der Waals surface area contributed by atoms with Gasteiger partial charge in [0.1, 0.15) is 11.6 Å². The fourth-order valence-corrected chi connectivity index (χ4v) is 2.25. The second kappa shape index (κ2) is 6.02. The van der Waals surface area contributed by atoms with Crippen LogP contribution in [0.5, 0.6) is 5.75 Å². The van der Waals surface area contributed by atoms with Crippen molar-refractivity contribution >= 4 is 0 Å². The Hall–Kier alpha value is -1.92. The second-order valence-corrected chi connectivity index (χ2v) is 4.52. The molecule has 20 heavy (non-hydrogen) atoms. The maximum atomic E-state index is 13.5.